The van der Waals surface area contributed by atoms with Gasteiger partial charge in [-0.2, -0.15) is 0 Å². The monoisotopic (exact) mass is 322 g/mol. The molecule has 1 aromatic rings. The Labute approximate surface area is 112 Å². The molecule has 17 heavy (non-hydrogen) atoms. The molecule has 0 unspecified atom stereocenters. The Kier molecular flexibility index (Phi) is 6.57. The van der Waals surface area contributed by atoms with Gasteiger partial charge in [0.2, 0.25) is 0 Å². The first kappa shape index (κ1) is 15.0. The first-order valence-electron chi connectivity index (χ1n) is 5.56. The second kappa shape index (κ2) is 7.42. The summed E-state index contributed by atoms with van der Waals surface area (Å²) in [5.41, 5.74) is 1.60. The van der Waals surface area contributed by atoms with E-state index in [0.29, 0.717) is 24.9 Å². The van der Waals surface area contributed by atoms with Crippen LogP contribution in [-0.4, -0.2) is 13.2 Å². The molecule has 96 valence electrons. The first-order chi connectivity index (χ1) is 8.08. The summed E-state index contributed by atoms with van der Waals surface area (Å²) in [5, 5.41) is 0. The van der Waals surface area contributed by atoms with Crippen LogP contribution in [0.15, 0.2) is 16.6 Å². The molecule has 0 N–H and O–H groups in total. The highest BCUT2D eigenvalue weighted by molar-refractivity contribution is 9.10. The van der Waals surface area contributed by atoms with Gasteiger partial charge in [0.25, 0.3) is 0 Å². The first-order valence-corrected chi connectivity index (χ1v) is 7.71. The Bertz CT molecular complexity index is 345. The fourth-order valence-electron chi connectivity index (χ4n) is 1.48. The number of hydrogen-bond donors (Lipinski definition) is 0. The van der Waals surface area contributed by atoms with Gasteiger partial charge in [-0.3, -0.25) is 0 Å². The maximum atomic E-state index is 13.8. The van der Waals surface area contributed by atoms with Crippen LogP contribution >= 0.6 is 24.3 Å². The molecular weight excluding hydrogens is 306 g/mol. The van der Waals surface area contributed by atoms with E-state index < -0.39 is 8.38 Å². The minimum atomic E-state index is -1.03. The molecule has 0 aliphatic heterocycles. The number of rotatable bonds is 6. The van der Waals surface area contributed by atoms with Crippen molar-refractivity contribution in [3.05, 3.63) is 33.5 Å². The molecule has 0 aliphatic rings. The Morgan fingerprint density at radius 3 is 2.29 bits per heavy atom. The predicted octanol–water partition coefficient (Wildman–Crippen LogP) is 4.78. The molecule has 0 heterocycles. The van der Waals surface area contributed by atoms with Gasteiger partial charge in [0, 0.05) is 10.6 Å². The fraction of sp³-hybridized carbons (Fsp3) is 0.500. The highest BCUT2D eigenvalue weighted by atomic mass is 79.9. The average Bonchev–Trinajstić information content (AvgIpc) is 2.23. The standard InChI is InChI=1S/C12H17BrFO2P/c1-4-15-17(16-5-2)8-11-9(3)6-10(13)7-12(11)14/h6-7H,4-5,8H2,1-3H3. The topological polar surface area (TPSA) is 18.5 Å². The molecule has 0 atom stereocenters. The van der Waals surface area contributed by atoms with Crippen molar-refractivity contribution in [2.24, 2.45) is 0 Å². The van der Waals surface area contributed by atoms with Gasteiger partial charge in [-0.25, -0.2) is 4.39 Å². The summed E-state index contributed by atoms with van der Waals surface area (Å²) < 4.78 is 25.6. The third kappa shape index (κ3) is 4.63. The summed E-state index contributed by atoms with van der Waals surface area (Å²) in [6.07, 6.45) is 0.502. The van der Waals surface area contributed by atoms with Gasteiger partial charge in [-0.15, -0.1) is 0 Å². The summed E-state index contributed by atoms with van der Waals surface area (Å²) in [5.74, 6) is -0.205. The van der Waals surface area contributed by atoms with E-state index in [9.17, 15) is 4.39 Å². The van der Waals surface area contributed by atoms with Crippen LogP contribution in [0, 0.1) is 12.7 Å². The van der Waals surface area contributed by atoms with Crippen LogP contribution in [-0.2, 0) is 15.2 Å². The maximum Gasteiger partial charge on any atom is 0.175 e. The van der Waals surface area contributed by atoms with E-state index in [4.69, 9.17) is 9.05 Å². The number of halogens is 2. The van der Waals surface area contributed by atoms with Crippen LogP contribution in [0.5, 0.6) is 0 Å². The van der Waals surface area contributed by atoms with Crippen molar-refractivity contribution in [2.45, 2.75) is 26.9 Å². The van der Waals surface area contributed by atoms with Crippen molar-refractivity contribution in [3.63, 3.8) is 0 Å². The van der Waals surface area contributed by atoms with Gasteiger partial charge in [0.1, 0.15) is 5.82 Å². The second-order valence-electron chi connectivity index (χ2n) is 3.51. The summed E-state index contributed by atoms with van der Waals surface area (Å²) in [6, 6.07) is 3.39. The minimum Gasteiger partial charge on any atom is -0.334 e. The normalized spacial score (nSPS) is 11.2. The molecule has 0 aromatic heterocycles. The van der Waals surface area contributed by atoms with Crippen molar-refractivity contribution < 1.29 is 13.4 Å². The zero-order valence-corrected chi connectivity index (χ0v) is 12.8. The van der Waals surface area contributed by atoms with E-state index in [-0.39, 0.29) is 5.82 Å². The number of aryl methyl sites for hydroxylation is 1. The summed E-state index contributed by atoms with van der Waals surface area (Å²) in [4.78, 5) is 0. The fourth-order valence-corrected chi connectivity index (χ4v) is 3.51. The van der Waals surface area contributed by atoms with Gasteiger partial charge in [-0.1, -0.05) is 15.9 Å². The van der Waals surface area contributed by atoms with E-state index >= 15 is 0 Å². The van der Waals surface area contributed by atoms with E-state index in [0.717, 1.165) is 10.0 Å². The lowest BCUT2D eigenvalue weighted by Gasteiger charge is -2.17. The highest BCUT2D eigenvalue weighted by Gasteiger charge is 2.16. The molecule has 1 aromatic carbocycles. The zero-order chi connectivity index (χ0) is 12.8. The van der Waals surface area contributed by atoms with Crippen molar-refractivity contribution in [1.82, 2.24) is 0 Å². The zero-order valence-electron chi connectivity index (χ0n) is 10.3. The number of hydrogen-bond acceptors (Lipinski definition) is 2. The van der Waals surface area contributed by atoms with E-state index in [1.165, 1.54) is 6.07 Å². The van der Waals surface area contributed by atoms with Crippen LogP contribution in [0.25, 0.3) is 0 Å². The Morgan fingerprint density at radius 1 is 1.24 bits per heavy atom. The van der Waals surface area contributed by atoms with Crippen molar-refractivity contribution in [1.29, 1.82) is 0 Å². The molecule has 0 spiro atoms. The smallest absolute Gasteiger partial charge is 0.175 e. The molecule has 0 aliphatic carbocycles. The third-order valence-electron chi connectivity index (χ3n) is 2.22. The summed E-state index contributed by atoms with van der Waals surface area (Å²) >= 11 is 3.28. The van der Waals surface area contributed by atoms with Crippen LogP contribution in [0.2, 0.25) is 0 Å². The molecule has 2 nitrogen and oxygen atoms in total. The van der Waals surface area contributed by atoms with Gasteiger partial charge in [-0.05, 0) is 44.0 Å². The largest absolute Gasteiger partial charge is 0.334 e. The van der Waals surface area contributed by atoms with Gasteiger partial charge in [0.15, 0.2) is 8.38 Å². The van der Waals surface area contributed by atoms with Gasteiger partial charge >= 0.3 is 0 Å². The third-order valence-corrected chi connectivity index (χ3v) is 4.34. The molecule has 0 amide bonds. The number of benzene rings is 1. The lowest BCUT2D eigenvalue weighted by molar-refractivity contribution is 0.268. The van der Waals surface area contributed by atoms with Crippen molar-refractivity contribution in [2.75, 3.05) is 13.2 Å². The van der Waals surface area contributed by atoms with Crippen LogP contribution in [0.3, 0.4) is 0 Å². The van der Waals surface area contributed by atoms with Gasteiger partial charge in [0.05, 0.1) is 13.2 Å². The van der Waals surface area contributed by atoms with E-state index in [1.807, 2.05) is 26.8 Å². The predicted molar refractivity (Wildman–Crippen MR) is 72.7 cm³/mol. The molecule has 5 heteroatoms. The van der Waals surface area contributed by atoms with Gasteiger partial charge < -0.3 is 9.05 Å². The summed E-state index contributed by atoms with van der Waals surface area (Å²) in [7, 11) is -1.03. The maximum absolute atomic E-state index is 13.8. The molecule has 0 saturated carbocycles. The molecule has 1 rings (SSSR count). The second-order valence-corrected chi connectivity index (χ2v) is 5.92. The molecule has 0 radical (unpaired) electrons. The average molecular weight is 323 g/mol. The Balaban J connectivity index is 2.84. The SMILES string of the molecule is CCOP(Cc1c(C)cc(Br)cc1F)OCC. The molecule has 0 bridgehead atoms. The Morgan fingerprint density at radius 2 is 1.82 bits per heavy atom. The lowest BCUT2D eigenvalue weighted by atomic mass is 10.1. The van der Waals surface area contributed by atoms with E-state index in [1.54, 1.807) is 0 Å². The minimum absolute atomic E-state index is 0.205. The van der Waals surface area contributed by atoms with Crippen molar-refractivity contribution in [3.8, 4) is 0 Å². The van der Waals surface area contributed by atoms with Crippen LogP contribution in [0.1, 0.15) is 25.0 Å². The molecular formula is C12H17BrFO2P. The molecule has 0 fully saturated rings. The van der Waals surface area contributed by atoms with Crippen LogP contribution < -0.4 is 0 Å². The van der Waals surface area contributed by atoms with Crippen molar-refractivity contribution >= 4 is 24.3 Å². The van der Waals surface area contributed by atoms with Crippen LogP contribution in [0.4, 0.5) is 4.39 Å². The highest BCUT2D eigenvalue weighted by Crippen LogP contribution is 2.43. The van der Waals surface area contributed by atoms with E-state index in [2.05, 4.69) is 15.9 Å². The quantitative estimate of drug-likeness (QED) is 0.701. The summed E-state index contributed by atoms with van der Waals surface area (Å²) in [6.45, 7) is 6.90. The lowest BCUT2D eigenvalue weighted by Crippen LogP contribution is -1.99. The Hall–Kier alpha value is -0.0200. The molecule has 0 saturated heterocycles.